The molecule has 0 saturated heterocycles. The molecule has 0 aliphatic rings. The monoisotopic (exact) mass is 336 g/mol. The number of aromatic nitrogens is 1. The van der Waals surface area contributed by atoms with Gasteiger partial charge in [0.05, 0.1) is 16.8 Å². The predicted octanol–water partition coefficient (Wildman–Crippen LogP) is 3.28. The number of hydrogen-bond acceptors (Lipinski definition) is 4. The number of hydrogen-bond donors (Lipinski definition) is 1. The van der Waals surface area contributed by atoms with Crippen LogP contribution in [0.3, 0.4) is 0 Å². The van der Waals surface area contributed by atoms with Crippen molar-refractivity contribution in [2.45, 2.75) is 20.1 Å². The van der Waals surface area contributed by atoms with E-state index in [2.05, 4.69) is 20.9 Å². The normalized spacial score (nSPS) is 10.3. The van der Waals surface area contributed by atoms with Crippen LogP contribution in [-0.4, -0.2) is 11.6 Å². The van der Waals surface area contributed by atoms with Gasteiger partial charge in [-0.15, -0.1) is 0 Å². The Morgan fingerprint density at radius 2 is 2.10 bits per heavy atom. The van der Waals surface area contributed by atoms with Crippen molar-refractivity contribution < 1.29 is 9.47 Å². The fourth-order valence-electron chi connectivity index (χ4n) is 1.77. The van der Waals surface area contributed by atoms with E-state index in [1.807, 2.05) is 37.3 Å². The van der Waals surface area contributed by atoms with Crippen molar-refractivity contribution in [3.05, 3.63) is 52.3 Å². The number of ether oxygens (including phenoxy) is 2. The highest BCUT2D eigenvalue weighted by Gasteiger charge is 2.12. The Bertz CT molecular complexity index is 561. The summed E-state index contributed by atoms with van der Waals surface area (Å²) in [7, 11) is 0. The summed E-state index contributed by atoms with van der Waals surface area (Å²) in [5, 5.41) is 0. The second-order valence-electron chi connectivity index (χ2n) is 4.15. The Morgan fingerprint density at radius 1 is 1.25 bits per heavy atom. The summed E-state index contributed by atoms with van der Waals surface area (Å²) in [5.74, 6) is 1.37. The fraction of sp³-hybridized carbons (Fsp3) is 0.267. The first-order valence-electron chi connectivity index (χ1n) is 6.42. The third-order valence-corrected chi connectivity index (χ3v) is 3.28. The highest BCUT2D eigenvalue weighted by molar-refractivity contribution is 9.10. The number of nitrogens with zero attached hydrogens (tertiary/aromatic N) is 1. The van der Waals surface area contributed by atoms with Gasteiger partial charge in [0.25, 0.3) is 0 Å². The maximum Gasteiger partial charge on any atom is 0.175 e. The van der Waals surface area contributed by atoms with Gasteiger partial charge in [0, 0.05) is 12.7 Å². The molecule has 2 rings (SSSR count). The van der Waals surface area contributed by atoms with Crippen LogP contribution in [0, 0.1) is 0 Å². The summed E-state index contributed by atoms with van der Waals surface area (Å²) in [6, 6.07) is 9.57. The molecule has 0 fully saturated rings. The zero-order chi connectivity index (χ0) is 14.4. The van der Waals surface area contributed by atoms with Crippen LogP contribution in [0.5, 0.6) is 11.5 Å². The minimum absolute atomic E-state index is 0.390. The van der Waals surface area contributed by atoms with Gasteiger partial charge in [-0.2, -0.15) is 0 Å². The van der Waals surface area contributed by atoms with Crippen molar-refractivity contribution in [3.63, 3.8) is 0 Å². The van der Waals surface area contributed by atoms with Crippen molar-refractivity contribution >= 4 is 15.9 Å². The Morgan fingerprint density at radius 3 is 2.75 bits per heavy atom. The SMILES string of the molecule is CCOc1cc(CN)cc(Br)c1OCc1ccccn1. The van der Waals surface area contributed by atoms with Crippen LogP contribution in [0.25, 0.3) is 0 Å². The quantitative estimate of drug-likeness (QED) is 0.879. The molecule has 0 bridgehead atoms. The average Bonchev–Trinajstić information content (AvgIpc) is 2.47. The van der Waals surface area contributed by atoms with E-state index in [0.717, 1.165) is 15.7 Å². The molecule has 106 valence electrons. The van der Waals surface area contributed by atoms with Crippen LogP contribution in [0.2, 0.25) is 0 Å². The van der Waals surface area contributed by atoms with Crippen molar-refractivity contribution in [1.82, 2.24) is 4.98 Å². The van der Waals surface area contributed by atoms with Crippen LogP contribution in [0.15, 0.2) is 41.0 Å². The van der Waals surface area contributed by atoms with Gasteiger partial charge in [-0.25, -0.2) is 0 Å². The first-order valence-corrected chi connectivity index (χ1v) is 7.22. The number of benzene rings is 1. The summed E-state index contributed by atoms with van der Waals surface area (Å²) in [6.07, 6.45) is 1.74. The molecule has 20 heavy (non-hydrogen) atoms. The van der Waals surface area contributed by atoms with Crippen molar-refractivity contribution in [3.8, 4) is 11.5 Å². The van der Waals surface area contributed by atoms with Crippen LogP contribution in [-0.2, 0) is 13.2 Å². The average molecular weight is 337 g/mol. The first-order chi connectivity index (χ1) is 9.74. The lowest BCUT2D eigenvalue weighted by molar-refractivity contribution is 0.264. The fourth-order valence-corrected chi connectivity index (χ4v) is 2.38. The molecule has 0 aliphatic heterocycles. The second kappa shape index (κ2) is 7.26. The molecule has 1 heterocycles. The molecule has 0 atom stereocenters. The summed E-state index contributed by atoms with van der Waals surface area (Å²) in [4.78, 5) is 4.23. The minimum atomic E-state index is 0.390. The smallest absolute Gasteiger partial charge is 0.175 e. The molecule has 4 nitrogen and oxygen atoms in total. The van der Waals surface area contributed by atoms with E-state index in [4.69, 9.17) is 15.2 Å². The van der Waals surface area contributed by atoms with Crippen molar-refractivity contribution in [2.75, 3.05) is 6.61 Å². The second-order valence-corrected chi connectivity index (χ2v) is 5.01. The van der Waals surface area contributed by atoms with E-state index >= 15 is 0 Å². The van der Waals surface area contributed by atoms with E-state index in [1.165, 1.54) is 0 Å². The van der Waals surface area contributed by atoms with Gasteiger partial charge in [-0.3, -0.25) is 4.98 Å². The Balaban J connectivity index is 2.21. The van der Waals surface area contributed by atoms with Crippen LogP contribution in [0.1, 0.15) is 18.2 Å². The van der Waals surface area contributed by atoms with Gasteiger partial charge >= 0.3 is 0 Å². The van der Waals surface area contributed by atoms with Crippen LogP contribution < -0.4 is 15.2 Å². The van der Waals surface area contributed by atoms with E-state index in [0.29, 0.717) is 31.3 Å². The molecule has 0 amide bonds. The van der Waals surface area contributed by atoms with Crippen molar-refractivity contribution in [1.29, 1.82) is 0 Å². The highest BCUT2D eigenvalue weighted by atomic mass is 79.9. The number of pyridine rings is 1. The summed E-state index contributed by atoms with van der Waals surface area (Å²) >= 11 is 3.50. The van der Waals surface area contributed by atoms with Gasteiger partial charge in [-0.05, 0) is 52.7 Å². The number of nitrogens with two attached hydrogens (primary N) is 1. The molecule has 1 aromatic heterocycles. The molecule has 0 spiro atoms. The third kappa shape index (κ3) is 3.71. The minimum Gasteiger partial charge on any atom is -0.490 e. The topological polar surface area (TPSA) is 57.4 Å². The van der Waals surface area contributed by atoms with E-state index in [9.17, 15) is 0 Å². The maximum absolute atomic E-state index is 5.83. The lowest BCUT2D eigenvalue weighted by Gasteiger charge is -2.14. The van der Waals surface area contributed by atoms with E-state index < -0.39 is 0 Å². The highest BCUT2D eigenvalue weighted by Crippen LogP contribution is 2.37. The largest absolute Gasteiger partial charge is 0.490 e. The van der Waals surface area contributed by atoms with Crippen LogP contribution in [0.4, 0.5) is 0 Å². The van der Waals surface area contributed by atoms with Crippen molar-refractivity contribution in [2.24, 2.45) is 5.73 Å². The first kappa shape index (κ1) is 14.8. The van der Waals surface area contributed by atoms with Gasteiger partial charge in [-0.1, -0.05) is 6.07 Å². The standard InChI is InChI=1S/C15H17BrN2O2/c1-2-19-14-8-11(9-17)7-13(16)15(14)20-10-12-5-3-4-6-18-12/h3-8H,2,9-10,17H2,1H3. The Kier molecular flexibility index (Phi) is 5.38. The van der Waals surface area contributed by atoms with E-state index in [-0.39, 0.29) is 0 Å². The summed E-state index contributed by atoms with van der Waals surface area (Å²) < 4.78 is 12.3. The Hall–Kier alpha value is -1.59. The lowest BCUT2D eigenvalue weighted by atomic mass is 10.2. The third-order valence-electron chi connectivity index (χ3n) is 2.70. The molecule has 1 aromatic carbocycles. The number of rotatable bonds is 6. The molecule has 0 radical (unpaired) electrons. The van der Waals surface area contributed by atoms with Gasteiger partial charge in [0.15, 0.2) is 11.5 Å². The molecule has 0 unspecified atom stereocenters. The molecular formula is C15H17BrN2O2. The van der Waals surface area contributed by atoms with E-state index in [1.54, 1.807) is 6.20 Å². The molecule has 2 N–H and O–H groups in total. The Labute approximate surface area is 127 Å². The molecule has 5 heteroatoms. The van der Waals surface area contributed by atoms with Gasteiger partial charge in [0.1, 0.15) is 6.61 Å². The summed E-state index contributed by atoms with van der Waals surface area (Å²) in [5.41, 5.74) is 7.53. The molecule has 2 aromatic rings. The number of halogens is 1. The molecular weight excluding hydrogens is 320 g/mol. The zero-order valence-electron chi connectivity index (χ0n) is 11.3. The zero-order valence-corrected chi connectivity index (χ0v) is 12.9. The van der Waals surface area contributed by atoms with Gasteiger partial charge in [0.2, 0.25) is 0 Å². The van der Waals surface area contributed by atoms with Gasteiger partial charge < -0.3 is 15.2 Å². The van der Waals surface area contributed by atoms with Crippen LogP contribution >= 0.6 is 15.9 Å². The predicted molar refractivity (Wildman–Crippen MR) is 81.8 cm³/mol. The maximum atomic E-state index is 5.83. The molecule has 0 saturated carbocycles. The molecule has 0 aliphatic carbocycles. The summed E-state index contributed by atoms with van der Waals surface area (Å²) in [6.45, 7) is 3.35. The lowest BCUT2D eigenvalue weighted by Crippen LogP contribution is -2.04.